The molecule has 0 saturated heterocycles. The van der Waals surface area contributed by atoms with Crippen LogP contribution < -0.4 is 5.14 Å². The smallest absolute Gasteiger partial charge is 0.0226 e. The summed E-state index contributed by atoms with van der Waals surface area (Å²) in [6, 6.07) is 8.57. The van der Waals surface area contributed by atoms with E-state index < -0.39 is 0 Å². The molecule has 1 aromatic rings. The van der Waals surface area contributed by atoms with Gasteiger partial charge in [-0.15, -0.1) is 0 Å². The van der Waals surface area contributed by atoms with Crippen LogP contribution in [0.25, 0.3) is 0 Å². The summed E-state index contributed by atoms with van der Waals surface area (Å²) in [6.45, 7) is 4.47. The third-order valence-electron chi connectivity index (χ3n) is 2.47. The molecule has 1 rings (SSSR count). The van der Waals surface area contributed by atoms with E-state index in [2.05, 4.69) is 38.1 Å². The monoisotopic (exact) mass is 213 g/mol. The van der Waals surface area contributed by atoms with Gasteiger partial charge in [-0.2, -0.15) is 0 Å². The highest BCUT2D eigenvalue weighted by atomic mass is 32.2. The number of nitrogens with two attached hydrogens (primary N) is 1. The van der Waals surface area contributed by atoms with Crippen molar-refractivity contribution in [2.24, 2.45) is 5.14 Å². The van der Waals surface area contributed by atoms with Gasteiger partial charge < -0.3 is 5.48 Å². The molecule has 0 aliphatic carbocycles. The SMILES string of the molecule is CCC(CC)c1ccc(SN)cc1.O. The molecule has 80 valence electrons. The zero-order valence-corrected chi connectivity index (χ0v) is 9.60. The Kier molecular flexibility index (Phi) is 6.62. The first kappa shape index (κ1) is 13.5. The summed E-state index contributed by atoms with van der Waals surface area (Å²) in [4.78, 5) is 1.13. The summed E-state index contributed by atoms with van der Waals surface area (Å²) in [5.41, 5.74) is 1.43. The Morgan fingerprint density at radius 3 is 2.00 bits per heavy atom. The van der Waals surface area contributed by atoms with Crippen molar-refractivity contribution in [1.29, 1.82) is 0 Å². The maximum absolute atomic E-state index is 5.46. The number of rotatable bonds is 4. The number of hydrogen-bond acceptors (Lipinski definition) is 2. The molecule has 0 unspecified atom stereocenters. The number of benzene rings is 1. The van der Waals surface area contributed by atoms with Crippen LogP contribution in [0.2, 0.25) is 0 Å². The third kappa shape index (κ3) is 3.33. The summed E-state index contributed by atoms with van der Waals surface area (Å²) in [6.07, 6.45) is 2.43. The van der Waals surface area contributed by atoms with Crippen LogP contribution >= 0.6 is 11.9 Å². The zero-order chi connectivity index (χ0) is 9.68. The number of hydrogen-bond donors (Lipinski definition) is 1. The normalized spacial score (nSPS) is 10.0. The molecule has 0 amide bonds. The molecular weight excluding hydrogens is 194 g/mol. The van der Waals surface area contributed by atoms with Crippen LogP contribution in [0.3, 0.4) is 0 Å². The molecule has 0 aromatic heterocycles. The van der Waals surface area contributed by atoms with Crippen molar-refractivity contribution in [3.05, 3.63) is 29.8 Å². The van der Waals surface area contributed by atoms with Gasteiger partial charge in [0.1, 0.15) is 0 Å². The average Bonchev–Trinajstić information content (AvgIpc) is 2.21. The standard InChI is InChI=1S/C11H17NS.H2O/c1-3-9(4-2)10-5-7-11(13-12)8-6-10;/h5-9H,3-4,12H2,1-2H3;1H2. The summed E-state index contributed by atoms with van der Waals surface area (Å²) in [7, 11) is 0. The molecular formula is C11H19NOS. The van der Waals surface area contributed by atoms with Crippen LogP contribution in [0, 0.1) is 0 Å². The largest absolute Gasteiger partial charge is 0.412 e. The van der Waals surface area contributed by atoms with Gasteiger partial charge in [-0.3, -0.25) is 5.14 Å². The van der Waals surface area contributed by atoms with Gasteiger partial charge in [-0.25, -0.2) is 0 Å². The average molecular weight is 213 g/mol. The van der Waals surface area contributed by atoms with Crippen molar-refractivity contribution >= 4 is 11.9 Å². The first-order valence-corrected chi connectivity index (χ1v) is 5.66. The predicted molar refractivity (Wildman–Crippen MR) is 63.4 cm³/mol. The Labute approximate surface area is 90.3 Å². The van der Waals surface area contributed by atoms with Crippen molar-refractivity contribution in [3.8, 4) is 0 Å². The highest BCUT2D eigenvalue weighted by molar-refractivity contribution is 7.97. The molecule has 0 spiro atoms. The van der Waals surface area contributed by atoms with E-state index in [0.29, 0.717) is 5.92 Å². The third-order valence-corrected chi connectivity index (χ3v) is 3.02. The van der Waals surface area contributed by atoms with Crippen molar-refractivity contribution in [2.75, 3.05) is 0 Å². The van der Waals surface area contributed by atoms with Gasteiger partial charge in [0.25, 0.3) is 0 Å². The van der Waals surface area contributed by atoms with Crippen molar-refractivity contribution < 1.29 is 5.48 Å². The van der Waals surface area contributed by atoms with Crippen LogP contribution in [-0.4, -0.2) is 5.48 Å². The van der Waals surface area contributed by atoms with Gasteiger partial charge in [0.05, 0.1) is 0 Å². The molecule has 0 radical (unpaired) electrons. The zero-order valence-electron chi connectivity index (χ0n) is 8.79. The molecule has 3 heteroatoms. The van der Waals surface area contributed by atoms with Crippen LogP contribution in [0.5, 0.6) is 0 Å². The van der Waals surface area contributed by atoms with Crippen molar-refractivity contribution in [2.45, 2.75) is 37.5 Å². The van der Waals surface area contributed by atoms with Crippen LogP contribution in [0.4, 0.5) is 0 Å². The molecule has 14 heavy (non-hydrogen) atoms. The fraction of sp³-hybridized carbons (Fsp3) is 0.455. The molecule has 0 atom stereocenters. The Morgan fingerprint density at radius 1 is 1.14 bits per heavy atom. The van der Waals surface area contributed by atoms with E-state index >= 15 is 0 Å². The molecule has 1 aromatic carbocycles. The van der Waals surface area contributed by atoms with Crippen LogP contribution in [0.1, 0.15) is 38.2 Å². The van der Waals surface area contributed by atoms with Gasteiger partial charge in [-0.1, -0.05) is 26.0 Å². The Bertz CT molecular complexity index is 244. The molecule has 2 nitrogen and oxygen atoms in total. The molecule has 0 bridgehead atoms. The lowest BCUT2D eigenvalue weighted by atomic mass is 9.94. The van der Waals surface area contributed by atoms with Gasteiger partial charge >= 0.3 is 0 Å². The first-order valence-electron chi connectivity index (χ1n) is 4.78. The Hall–Kier alpha value is -0.510. The van der Waals surface area contributed by atoms with Crippen molar-refractivity contribution in [3.63, 3.8) is 0 Å². The summed E-state index contributed by atoms with van der Waals surface area (Å²) < 4.78 is 0. The summed E-state index contributed by atoms with van der Waals surface area (Å²) in [5, 5.41) is 5.46. The summed E-state index contributed by atoms with van der Waals surface area (Å²) >= 11 is 1.30. The van der Waals surface area contributed by atoms with E-state index in [9.17, 15) is 0 Å². The second-order valence-corrected chi connectivity index (χ2v) is 3.91. The highest BCUT2D eigenvalue weighted by Gasteiger charge is 2.05. The minimum absolute atomic E-state index is 0. The van der Waals surface area contributed by atoms with E-state index in [4.69, 9.17) is 5.14 Å². The van der Waals surface area contributed by atoms with E-state index in [-0.39, 0.29) is 5.48 Å². The second kappa shape index (κ2) is 6.87. The molecule has 0 aliphatic heterocycles. The van der Waals surface area contributed by atoms with E-state index in [1.807, 2.05) is 0 Å². The lowest BCUT2D eigenvalue weighted by Crippen LogP contribution is -1.94. The fourth-order valence-corrected chi connectivity index (χ4v) is 1.87. The van der Waals surface area contributed by atoms with Gasteiger partial charge in [0.15, 0.2) is 0 Å². The fourth-order valence-electron chi connectivity index (χ4n) is 1.58. The quantitative estimate of drug-likeness (QED) is 0.782. The molecule has 0 heterocycles. The van der Waals surface area contributed by atoms with E-state index in [0.717, 1.165) is 4.90 Å². The summed E-state index contributed by atoms with van der Waals surface area (Å²) in [5.74, 6) is 0.705. The van der Waals surface area contributed by atoms with Crippen molar-refractivity contribution in [1.82, 2.24) is 0 Å². The first-order chi connectivity index (χ1) is 6.31. The highest BCUT2D eigenvalue weighted by Crippen LogP contribution is 2.24. The lowest BCUT2D eigenvalue weighted by Gasteiger charge is -2.12. The molecule has 0 aliphatic rings. The van der Waals surface area contributed by atoms with Crippen LogP contribution in [-0.2, 0) is 0 Å². The minimum atomic E-state index is 0. The maximum Gasteiger partial charge on any atom is 0.0226 e. The Balaban J connectivity index is 0.00000169. The van der Waals surface area contributed by atoms with Gasteiger partial charge in [0, 0.05) is 4.90 Å². The van der Waals surface area contributed by atoms with E-state index in [1.54, 1.807) is 0 Å². The van der Waals surface area contributed by atoms with Gasteiger partial charge in [-0.05, 0) is 48.4 Å². The maximum atomic E-state index is 5.46. The molecule has 0 fully saturated rings. The molecule has 0 saturated carbocycles. The van der Waals surface area contributed by atoms with Gasteiger partial charge in [0.2, 0.25) is 0 Å². The lowest BCUT2D eigenvalue weighted by molar-refractivity contribution is 0.641. The van der Waals surface area contributed by atoms with Crippen LogP contribution in [0.15, 0.2) is 29.2 Å². The molecule has 4 N–H and O–H groups in total. The minimum Gasteiger partial charge on any atom is -0.412 e. The predicted octanol–water partition coefficient (Wildman–Crippen LogP) is 2.73. The topological polar surface area (TPSA) is 57.5 Å². The Morgan fingerprint density at radius 2 is 1.64 bits per heavy atom. The second-order valence-electron chi connectivity index (χ2n) is 3.20. The van der Waals surface area contributed by atoms with E-state index in [1.165, 1.54) is 30.4 Å².